The van der Waals surface area contributed by atoms with Crippen molar-refractivity contribution in [1.29, 1.82) is 0 Å². The van der Waals surface area contributed by atoms with Crippen LogP contribution in [0.4, 0.5) is 0 Å². The van der Waals surface area contributed by atoms with Crippen molar-refractivity contribution in [2.24, 2.45) is 0 Å². The number of H-pyrrole nitrogens is 1. The Morgan fingerprint density at radius 2 is 2.12 bits per heavy atom. The number of likely N-dealkylation sites (tertiary alicyclic amines) is 1. The van der Waals surface area contributed by atoms with Crippen molar-refractivity contribution in [3.63, 3.8) is 0 Å². The van der Waals surface area contributed by atoms with Gasteiger partial charge in [0, 0.05) is 43.6 Å². The van der Waals surface area contributed by atoms with Crippen LogP contribution in [0, 0.1) is 0 Å². The van der Waals surface area contributed by atoms with Crippen LogP contribution in [-0.4, -0.2) is 54.4 Å². The number of nitrogens with one attached hydrogen (secondary N) is 1. The topological polar surface area (TPSA) is 67.5 Å². The number of carbonyl (C=O) groups excluding carboxylic acids is 1. The zero-order valence-corrected chi connectivity index (χ0v) is 13.9. The minimum Gasteiger partial charge on any atom is -0.491 e. The molecule has 1 unspecified atom stereocenters. The highest BCUT2D eigenvalue weighted by atomic mass is 16.5. The molecule has 128 valence electrons. The van der Waals surface area contributed by atoms with E-state index in [1.807, 2.05) is 35.2 Å². The van der Waals surface area contributed by atoms with Crippen molar-refractivity contribution in [2.45, 2.75) is 18.8 Å². The van der Waals surface area contributed by atoms with Crippen LogP contribution in [-0.2, 0) is 4.74 Å². The third kappa shape index (κ3) is 3.94. The van der Waals surface area contributed by atoms with Crippen LogP contribution in [0.3, 0.4) is 0 Å². The third-order valence-electron chi connectivity index (χ3n) is 4.33. The summed E-state index contributed by atoms with van der Waals surface area (Å²) in [6, 6.07) is 9.30. The highest BCUT2D eigenvalue weighted by molar-refractivity contribution is 5.94. The molecular weight excluding hydrogens is 306 g/mol. The molecule has 0 radical (unpaired) electrons. The number of carbonyl (C=O) groups is 1. The fourth-order valence-corrected chi connectivity index (χ4v) is 3.03. The number of piperidine rings is 1. The summed E-state index contributed by atoms with van der Waals surface area (Å²) >= 11 is 0. The molecule has 6 nitrogen and oxygen atoms in total. The Bertz CT molecular complexity index is 640. The second-order valence-electron chi connectivity index (χ2n) is 5.97. The largest absolute Gasteiger partial charge is 0.491 e. The lowest BCUT2D eigenvalue weighted by molar-refractivity contribution is 0.0706. The summed E-state index contributed by atoms with van der Waals surface area (Å²) in [4.78, 5) is 14.7. The maximum atomic E-state index is 12.7. The Balaban J connectivity index is 1.61. The average molecular weight is 329 g/mol. The fourth-order valence-electron chi connectivity index (χ4n) is 3.03. The monoisotopic (exact) mass is 329 g/mol. The molecule has 1 aromatic carbocycles. The van der Waals surface area contributed by atoms with Crippen LogP contribution in [0.2, 0.25) is 0 Å². The fraction of sp³-hybridized carbons (Fsp3) is 0.444. The highest BCUT2D eigenvalue weighted by Gasteiger charge is 2.26. The number of aromatic nitrogens is 2. The van der Waals surface area contributed by atoms with Crippen molar-refractivity contribution in [2.75, 3.05) is 33.4 Å². The Morgan fingerprint density at radius 3 is 2.83 bits per heavy atom. The number of hydrogen-bond donors (Lipinski definition) is 1. The molecular formula is C18H23N3O3. The maximum absolute atomic E-state index is 12.7. The van der Waals surface area contributed by atoms with E-state index in [9.17, 15) is 4.79 Å². The molecule has 24 heavy (non-hydrogen) atoms. The van der Waals surface area contributed by atoms with E-state index in [1.54, 1.807) is 13.3 Å². The van der Waals surface area contributed by atoms with Crippen LogP contribution < -0.4 is 4.74 Å². The molecule has 0 saturated carbocycles. The summed E-state index contributed by atoms with van der Waals surface area (Å²) in [5.41, 5.74) is 1.80. The summed E-state index contributed by atoms with van der Waals surface area (Å²) in [6.07, 6.45) is 3.85. The highest BCUT2D eigenvalue weighted by Crippen LogP contribution is 2.26. The van der Waals surface area contributed by atoms with E-state index in [1.165, 1.54) is 0 Å². The van der Waals surface area contributed by atoms with Gasteiger partial charge < -0.3 is 14.4 Å². The first kappa shape index (κ1) is 16.5. The smallest absolute Gasteiger partial charge is 0.253 e. The Labute approximate surface area is 141 Å². The van der Waals surface area contributed by atoms with Crippen molar-refractivity contribution in [3.05, 3.63) is 47.8 Å². The van der Waals surface area contributed by atoms with Gasteiger partial charge in [0.25, 0.3) is 5.91 Å². The van der Waals surface area contributed by atoms with Gasteiger partial charge in [0.05, 0.1) is 6.61 Å². The van der Waals surface area contributed by atoms with Gasteiger partial charge in [0.1, 0.15) is 12.4 Å². The Kier molecular flexibility index (Phi) is 5.48. The molecule has 3 rings (SSSR count). The minimum absolute atomic E-state index is 0.0719. The summed E-state index contributed by atoms with van der Waals surface area (Å²) in [7, 11) is 1.64. The van der Waals surface area contributed by atoms with E-state index in [0.717, 1.165) is 37.4 Å². The SMILES string of the molecule is COCCOc1ccc(C(=O)N2CCCC(c3ccn[nH]3)C2)cc1. The van der Waals surface area contributed by atoms with Crippen LogP contribution in [0.25, 0.3) is 0 Å². The van der Waals surface area contributed by atoms with Gasteiger partial charge in [-0.05, 0) is 43.2 Å². The van der Waals surface area contributed by atoms with E-state index in [2.05, 4.69) is 10.2 Å². The average Bonchev–Trinajstić information content (AvgIpc) is 3.17. The van der Waals surface area contributed by atoms with Crippen LogP contribution >= 0.6 is 0 Å². The molecule has 0 bridgehead atoms. The van der Waals surface area contributed by atoms with E-state index < -0.39 is 0 Å². The Morgan fingerprint density at radius 1 is 1.29 bits per heavy atom. The normalized spacial score (nSPS) is 17.7. The molecule has 1 fully saturated rings. The maximum Gasteiger partial charge on any atom is 0.253 e. The molecule has 0 spiro atoms. The van der Waals surface area contributed by atoms with Crippen LogP contribution in [0.1, 0.15) is 34.8 Å². The molecule has 1 aromatic heterocycles. The summed E-state index contributed by atoms with van der Waals surface area (Å²) in [5, 5.41) is 7.04. The van der Waals surface area contributed by atoms with Crippen LogP contribution in [0.5, 0.6) is 5.75 Å². The Hall–Kier alpha value is -2.34. The van der Waals surface area contributed by atoms with E-state index in [0.29, 0.717) is 24.7 Å². The standard InChI is InChI=1S/C18H23N3O3/c1-23-11-12-24-16-6-4-14(5-7-16)18(22)21-10-2-3-15(13-21)17-8-9-19-20-17/h4-9,15H,2-3,10-13H2,1H3,(H,19,20). The van der Waals surface area contributed by atoms with Crippen molar-refractivity contribution >= 4 is 5.91 Å². The number of rotatable bonds is 6. The zero-order chi connectivity index (χ0) is 16.8. The number of benzene rings is 1. The van der Waals surface area contributed by atoms with Gasteiger partial charge in [-0.3, -0.25) is 9.89 Å². The second-order valence-corrected chi connectivity index (χ2v) is 5.97. The van der Waals surface area contributed by atoms with E-state index >= 15 is 0 Å². The molecule has 0 aliphatic carbocycles. The van der Waals surface area contributed by atoms with Crippen molar-refractivity contribution < 1.29 is 14.3 Å². The van der Waals surface area contributed by atoms with Crippen molar-refractivity contribution in [1.82, 2.24) is 15.1 Å². The predicted molar refractivity (Wildman–Crippen MR) is 90.3 cm³/mol. The number of nitrogens with zero attached hydrogens (tertiary/aromatic N) is 2. The molecule has 1 aliphatic rings. The zero-order valence-electron chi connectivity index (χ0n) is 13.9. The lowest BCUT2D eigenvalue weighted by atomic mass is 9.94. The lowest BCUT2D eigenvalue weighted by Crippen LogP contribution is -2.39. The first-order valence-electron chi connectivity index (χ1n) is 8.28. The van der Waals surface area contributed by atoms with Gasteiger partial charge in [0.15, 0.2) is 0 Å². The van der Waals surface area contributed by atoms with Gasteiger partial charge in [-0.25, -0.2) is 0 Å². The number of methoxy groups -OCH3 is 1. The molecule has 1 saturated heterocycles. The number of aromatic amines is 1. The molecule has 1 amide bonds. The quantitative estimate of drug-likeness (QED) is 0.827. The van der Waals surface area contributed by atoms with Gasteiger partial charge in [-0.15, -0.1) is 0 Å². The van der Waals surface area contributed by atoms with Crippen LogP contribution in [0.15, 0.2) is 36.5 Å². The second kappa shape index (κ2) is 7.97. The number of ether oxygens (including phenoxy) is 2. The van der Waals surface area contributed by atoms with E-state index in [-0.39, 0.29) is 5.91 Å². The summed E-state index contributed by atoms with van der Waals surface area (Å²) in [5.74, 6) is 1.15. The molecule has 2 heterocycles. The number of hydrogen-bond acceptors (Lipinski definition) is 4. The first-order chi connectivity index (χ1) is 11.8. The summed E-state index contributed by atoms with van der Waals surface area (Å²) < 4.78 is 10.5. The molecule has 1 N–H and O–H groups in total. The molecule has 1 aliphatic heterocycles. The van der Waals surface area contributed by atoms with E-state index in [4.69, 9.17) is 9.47 Å². The summed E-state index contributed by atoms with van der Waals surface area (Å²) in [6.45, 7) is 2.58. The first-order valence-corrected chi connectivity index (χ1v) is 8.28. The number of amides is 1. The van der Waals surface area contributed by atoms with Gasteiger partial charge >= 0.3 is 0 Å². The van der Waals surface area contributed by atoms with Gasteiger partial charge in [-0.2, -0.15) is 5.10 Å². The van der Waals surface area contributed by atoms with Gasteiger partial charge in [0.2, 0.25) is 0 Å². The lowest BCUT2D eigenvalue weighted by Gasteiger charge is -2.32. The van der Waals surface area contributed by atoms with Crippen molar-refractivity contribution in [3.8, 4) is 5.75 Å². The molecule has 1 atom stereocenters. The predicted octanol–water partition coefficient (Wildman–Crippen LogP) is 2.45. The minimum atomic E-state index is 0.0719. The third-order valence-corrected chi connectivity index (χ3v) is 4.33. The van der Waals surface area contributed by atoms with Gasteiger partial charge in [-0.1, -0.05) is 0 Å². The molecule has 2 aromatic rings. The molecule has 6 heteroatoms.